The van der Waals surface area contributed by atoms with Gasteiger partial charge in [-0.25, -0.2) is 9.31 Å². The summed E-state index contributed by atoms with van der Waals surface area (Å²) in [5.74, 6) is -0.728. The first-order valence-corrected chi connectivity index (χ1v) is 5.20. The summed E-state index contributed by atoms with van der Waals surface area (Å²) in [5.41, 5.74) is 1.44. The van der Waals surface area contributed by atoms with Crippen molar-refractivity contribution in [2.75, 3.05) is 7.11 Å². The van der Waals surface area contributed by atoms with E-state index in [0.29, 0.717) is 5.65 Å². The van der Waals surface area contributed by atoms with Crippen LogP contribution < -0.4 is 4.74 Å². The topological polar surface area (TPSA) is 76.7 Å². The van der Waals surface area contributed by atoms with Crippen LogP contribution in [0.2, 0.25) is 0 Å². The van der Waals surface area contributed by atoms with Gasteiger partial charge in [0.15, 0.2) is 5.65 Å². The highest BCUT2D eigenvalue weighted by Crippen LogP contribution is 2.19. The molecule has 0 bridgehead atoms. The van der Waals surface area contributed by atoms with Crippen LogP contribution in [0.5, 0.6) is 5.88 Å². The Kier molecular flexibility index (Phi) is 2.71. The van der Waals surface area contributed by atoms with Gasteiger partial charge in [0.1, 0.15) is 5.56 Å². The highest BCUT2D eigenvalue weighted by atomic mass is 16.5. The molecule has 0 amide bonds. The molecule has 0 aromatic carbocycles. The second-order valence-electron chi connectivity index (χ2n) is 4.00. The third-order valence-corrected chi connectivity index (χ3v) is 2.45. The Morgan fingerprint density at radius 2 is 2.24 bits per heavy atom. The number of aromatic carboxylic acids is 1. The molecule has 0 atom stereocenters. The maximum Gasteiger partial charge on any atom is 0.342 e. The first kappa shape index (κ1) is 11.4. The first-order valence-electron chi connectivity index (χ1n) is 5.20. The van der Waals surface area contributed by atoms with Crippen LogP contribution >= 0.6 is 0 Å². The number of hydrogen-bond acceptors (Lipinski definition) is 4. The molecule has 0 unspecified atom stereocenters. The molecule has 6 heteroatoms. The van der Waals surface area contributed by atoms with Crippen molar-refractivity contribution in [2.24, 2.45) is 0 Å². The van der Waals surface area contributed by atoms with E-state index in [1.807, 2.05) is 19.9 Å². The van der Waals surface area contributed by atoms with Crippen LogP contribution in [-0.4, -0.2) is 32.8 Å². The summed E-state index contributed by atoms with van der Waals surface area (Å²) >= 11 is 0. The second kappa shape index (κ2) is 4.04. The third kappa shape index (κ3) is 1.93. The van der Waals surface area contributed by atoms with Gasteiger partial charge < -0.3 is 9.84 Å². The average Bonchev–Trinajstić information content (AvgIpc) is 2.69. The molecule has 2 aromatic heterocycles. The molecule has 2 rings (SSSR count). The van der Waals surface area contributed by atoms with Crippen molar-refractivity contribution in [3.8, 4) is 5.88 Å². The Balaban J connectivity index is 2.65. The van der Waals surface area contributed by atoms with E-state index in [-0.39, 0.29) is 17.4 Å². The molecule has 0 aliphatic heterocycles. The van der Waals surface area contributed by atoms with E-state index in [4.69, 9.17) is 9.84 Å². The van der Waals surface area contributed by atoms with Crippen LogP contribution in [0, 0.1) is 0 Å². The molecule has 0 saturated heterocycles. The van der Waals surface area contributed by atoms with Gasteiger partial charge in [-0.15, -0.1) is 0 Å². The summed E-state index contributed by atoms with van der Waals surface area (Å²) < 4.78 is 6.41. The van der Waals surface area contributed by atoms with Gasteiger partial charge in [-0.2, -0.15) is 10.1 Å². The molecule has 0 aliphatic carbocycles. The molecule has 0 aliphatic rings. The molecule has 0 radical (unpaired) electrons. The van der Waals surface area contributed by atoms with Crippen LogP contribution in [0.15, 0.2) is 12.3 Å². The summed E-state index contributed by atoms with van der Waals surface area (Å²) in [6.07, 6.45) is 1.41. The van der Waals surface area contributed by atoms with Crippen LogP contribution in [0.25, 0.3) is 5.65 Å². The zero-order chi connectivity index (χ0) is 12.6. The molecule has 17 heavy (non-hydrogen) atoms. The van der Waals surface area contributed by atoms with E-state index < -0.39 is 5.97 Å². The standard InChI is InChI=1S/C11H13N3O3/c1-6(2)8-4-9-12-10(17-3)7(11(15)16)5-14(9)13-8/h4-6H,1-3H3,(H,15,16). The monoisotopic (exact) mass is 235 g/mol. The zero-order valence-corrected chi connectivity index (χ0v) is 9.84. The smallest absolute Gasteiger partial charge is 0.342 e. The summed E-state index contributed by atoms with van der Waals surface area (Å²) in [7, 11) is 1.39. The number of nitrogens with zero attached hydrogens (tertiary/aromatic N) is 3. The van der Waals surface area contributed by atoms with Crippen molar-refractivity contribution in [1.82, 2.24) is 14.6 Å². The predicted molar refractivity (Wildman–Crippen MR) is 60.6 cm³/mol. The number of methoxy groups -OCH3 is 1. The summed E-state index contributed by atoms with van der Waals surface area (Å²) in [6.45, 7) is 4.02. The van der Waals surface area contributed by atoms with Gasteiger partial charge >= 0.3 is 5.97 Å². The third-order valence-electron chi connectivity index (χ3n) is 2.45. The number of hydrogen-bond donors (Lipinski definition) is 1. The van der Waals surface area contributed by atoms with E-state index in [1.165, 1.54) is 17.8 Å². The minimum Gasteiger partial charge on any atom is -0.480 e. The number of aromatic nitrogens is 3. The summed E-state index contributed by atoms with van der Waals surface area (Å²) in [5, 5.41) is 13.3. The van der Waals surface area contributed by atoms with Gasteiger partial charge in [-0.05, 0) is 5.92 Å². The van der Waals surface area contributed by atoms with Crippen molar-refractivity contribution in [1.29, 1.82) is 0 Å². The lowest BCUT2D eigenvalue weighted by molar-refractivity contribution is 0.0691. The fraction of sp³-hybridized carbons (Fsp3) is 0.364. The molecular formula is C11H13N3O3. The molecule has 0 saturated carbocycles. The Morgan fingerprint density at radius 1 is 1.53 bits per heavy atom. The van der Waals surface area contributed by atoms with Gasteiger partial charge in [-0.1, -0.05) is 13.8 Å². The summed E-state index contributed by atoms with van der Waals surface area (Å²) in [4.78, 5) is 15.1. The predicted octanol–water partition coefficient (Wildman–Crippen LogP) is 1.56. The molecular weight excluding hydrogens is 222 g/mol. The van der Waals surface area contributed by atoms with Crippen molar-refractivity contribution in [2.45, 2.75) is 19.8 Å². The Labute approximate surface area is 97.9 Å². The Hall–Kier alpha value is -2.11. The van der Waals surface area contributed by atoms with Gasteiger partial charge in [-0.3, -0.25) is 0 Å². The lowest BCUT2D eigenvalue weighted by Crippen LogP contribution is -2.05. The largest absolute Gasteiger partial charge is 0.480 e. The van der Waals surface area contributed by atoms with Crippen molar-refractivity contribution in [3.05, 3.63) is 23.5 Å². The summed E-state index contributed by atoms with van der Waals surface area (Å²) in [6, 6.07) is 1.82. The molecule has 0 fully saturated rings. The fourth-order valence-corrected chi connectivity index (χ4v) is 1.51. The lowest BCUT2D eigenvalue weighted by atomic mass is 10.1. The molecule has 1 N–H and O–H groups in total. The van der Waals surface area contributed by atoms with E-state index in [0.717, 1.165) is 5.69 Å². The van der Waals surface area contributed by atoms with Crippen molar-refractivity contribution >= 4 is 11.6 Å². The van der Waals surface area contributed by atoms with E-state index >= 15 is 0 Å². The maximum atomic E-state index is 11.0. The zero-order valence-electron chi connectivity index (χ0n) is 9.84. The Morgan fingerprint density at radius 3 is 2.76 bits per heavy atom. The van der Waals surface area contributed by atoms with Crippen molar-refractivity contribution < 1.29 is 14.6 Å². The van der Waals surface area contributed by atoms with Crippen molar-refractivity contribution in [3.63, 3.8) is 0 Å². The van der Waals surface area contributed by atoms with Gasteiger partial charge in [0.25, 0.3) is 0 Å². The van der Waals surface area contributed by atoms with Gasteiger partial charge in [0, 0.05) is 6.07 Å². The number of carboxylic acids is 1. The highest BCUT2D eigenvalue weighted by Gasteiger charge is 2.16. The van der Waals surface area contributed by atoms with E-state index in [9.17, 15) is 4.79 Å². The van der Waals surface area contributed by atoms with Crippen LogP contribution in [-0.2, 0) is 0 Å². The minimum atomic E-state index is -1.09. The number of ether oxygens (including phenoxy) is 1. The highest BCUT2D eigenvalue weighted by molar-refractivity contribution is 5.90. The molecule has 90 valence electrons. The van der Waals surface area contributed by atoms with E-state index in [2.05, 4.69) is 10.1 Å². The van der Waals surface area contributed by atoms with Crippen LogP contribution in [0.1, 0.15) is 35.8 Å². The molecule has 2 heterocycles. The van der Waals surface area contributed by atoms with Gasteiger partial charge in [0.05, 0.1) is 19.0 Å². The van der Waals surface area contributed by atoms with Crippen LogP contribution in [0.4, 0.5) is 0 Å². The minimum absolute atomic E-state index is 0.00148. The average molecular weight is 235 g/mol. The van der Waals surface area contributed by atoms with Gasteiger partial charge in [0.2, 0.25) is 5.88 Å². The SMILES string of the molecule is COc1nc2cc(C(C)C)nn2cc1C(=O)O. The maximum absolute atomic E-state index is 11.0. The fourth-order valence-electron chi connectivity index (χ4n) is 1.51. The second-order valence-corrected chi connectivity index (χ2v) is 4.00. The Bertz CT molecular complexity index is 575. The number of carbonyl (C=O) groups is 1. The number of fused-ring (bicyclic) bond motifs is 1. The molecule has 0 spiro atoms. The van der Waals surface area contributed by atoms with Crippen LogP contribution in [0.3, 0.4) is 0 Å². The molecule has 6 nitrogen and oxygen atoms in total. The first-order chi connectivity index (χ1) is 8.02. The normalized spacial score (nSPS) is 11.1. The van der Waals surface area contributed by atoms with E-state index in [1.54, 1.807) is 0 Å². The lowest BCUT2D eigenvalue weighted by Gasteiger charge is -2.03. The quantitative estimate of drug-likeness (QED) is 0.873. The number of rotatable bonds is 3. The molecule has 2 aromatic rings. The number of carboxylic acid groups (broad SMARTS) is 1.